The summed E-state index contributed by atoms with van der Waals surface area (Å²) in [5, 5.41) is 2.66. The van der Waals surface area contributed by atoms with Gasteiger partial charge in [-0.25, -0.2) is 16.8 Å². The molecule has 2 atom stereocenters. The van der Waals surface area contributed by atoms with Gasteiger partial charge in [-0.3, -0.25) is 0 Å². The number of nitrogens with one attached hydrogen (secondary N) is 1. The van der Waals surface area contributed by atoms with Crippen LogP contribution in [0, 0.1) is 0 Å². The van der Waals surface area contributed by atoms with Crippen molar-refractivity contribution in [2.45, 2.75) is 44.0 Å². The predicted octanol–water partition coefficient (Wildman–Crippen LogP) is -0.424. The minimum Gasteiger partial charge on any atom is -0.314 e. The van der Waals surface area contributed by atoms with Crippen molar-refractivity contribution < 1.29 is 16.8 Å². The van der Waals surface area contributed by atoms with E-state index in [4.69, 9.17) is 0 Å². The van der Waals surface area contributed by atoms with Gasteiger partial charge in [-0.2, -0.15) is 4.31 Å². The predicted molar refractivity (Wildman–Crippen MR) is 74.2 cm³/mol. The van der Waals surface area contributed by atoms with Gasteiger partial charge in [-0.05, 0) is 26.7 Å². The third-order valence-electron chi connectivity index (χ3n) is 3.97. The fourth-order valence-electron chi connectivity index (χ4n) is 2.96. The van der Waals surface area contributed by atoms with Gasteiger partial charge in [0.1, 0.15) is 9.84 Å². The van der Waals surface area contributed by atoms with E-state index in [1.165, 1.54) is 0 Å². The topological polar surface area (TPSA) is 83.6 Å². The largest absolute Gasteiger partial charge is 0.314 e. The lowest BCUT2D eigenvalue weighted by atomic mass is 10.2. The molecule has 19 heavy (non-hydrogen) atoms. The van der Waals surface area contributed by atoms with Crippen LogP contribution in [0.4, 0.5) is 0 Å². The normalized spacial score (nSPS) is 34.2. The summed E-state index contributed by atoms with van der Waals surface area (Å²) in [6.45, 7) is 5.07. The van der Waals surface area contributed by atoms with Gasteiger partial charge in [0.2, 0.25) is 10.0 Å². The lowest BCUT2D eigenvalue weighted by molar-refractivity contribution is 0.217. The van der Waals surface area contributed by atoms with Crippen LogP contribution in [-0.4, -0.2) is 63.1 Å². The Morgan fingerprint density at radius 2 is 1.53 bits per heavy atom. The lowest BCUT2D eigenvalue weighted by Gasteiger charge is -2.40. The highest BCUT2D eigenvalue weighted by molar-refractivity contribution is 7.92. The number of piperazine rings is 1. The van der Waals surface area contributed by atoms with E-state index in [0.29, 0.717) is 13.1 Å². The van der Waals surface area contributed by atoms with Crippen molar-refractivity contribution >= 4 is 19.9 Å². The molecule has 0 spiro atoms. The minimum absolute atomic E-state index is 0.00819. The van der Waals surface area contributed by atoms with Crippen LogP contribution in [0.2, 0.25) is 0 Å². The monoisotopic (exact) mass is 310 g/mol. The molecule has 0 aliphatic carbocycles. The molecule has 6 nitrogen and oxygen atoms in total. The van der Waals surface area contributed by atoms with Crippen LogP contribution in [0.25, 0.3) is 0 Å². The Morgan fingerprint density at radius 1 is 1.05 bits per heavy atom. The van der Waals surface area contributed by atoms with Crippen molar-refractivity contribution in [2.24, 2.45) is 0 Å². The van der Waals surface area contributed by atoms with E-state index in [9.17, 15) is 16.8 Å². The SMILES string of the molecule is CC1CNCC(C)N1S(=O)(=O)C1CCS(=O)(=O)CC1. The van der Waals surface area contributed by atoms with Gasteiger partial charge in [-0.15, -0.1) is 0 Å². The van der Waals surface area contributed by atoms with Crippen molar-refractivity contribution in [3.63, 3.8) is 0 Å². The molecule has 0 saturated carbocycles. The Morgan fingerprint density at radius 3 is 2.00 bits per heavy atom. The van der Waals surface area contributed by atoms with Crippen LogP contribution in [0.15, 0.2) is 0 Å². The highest BCUT2D eigenvalue weighted by Crippen LogP contribution is 2.26. The molecule has 0 amide bonds. The van der Waals surface area contributed by atoms with Crippen LogP contribution >= 0.6 is 0 Å². The van der Waals surface area contributed by atoms with Crippen LogP contribution in [0.3, 0.4) is 0 Å². The second kappa shape index (κ2) is 5.31. The van der Waals surface area contributed by atoms with Crippen LogP contribution in [0.1, 0.15) is 26.7 Å². The summed E-state index contributed by atoms with van der Waals surface area (Å²) in [6, 6.07) is -0.153. The maximum Gasteiger partial charge on any atom is 0.217 e. The smallest absolute Gasteiger partial charge is 0.217 e. The van der Waals surface area contributed by atoms with Gasteiger partial charge < -0.3 is 5.32 Å². The minimum atomic E-state index is -3.40. The van der Waals surface area contributed by atoms with Crippen LogP contribution in [-0.2, 0) is 19.9 Å². The molecular formula is C11H22N2O4S2. The van der Waals surface area contributed by atoms with E-state index in [0.717, 1.165) is 0 Å². The first kappa shape index (κ1) is 15.2. The van der Waals surface area contributed by atoms with Gasteiger partial charge >= 0.3 is 0 Å². The summed E-state index contributed by atoms with van der Waals surface area (Å²) in [4.78, 5) is 0. The standard InChI is InChI=1S/C11H22N2O4S2/c1-9-7-12-8-10(2)13(9)19(16,17)11-3-5-18(14,15)6-4-11/h9-12H,3-8H2,1-2H3. The lowest BCUT2D eigenvalue weighted by Crippen LogP contribution is -2.59. The van der Waals surface area contributed by atoms with Crippen molar-refractivity contribution in [1.29, 1.82) is 0 Å². The Balaban J connectivity index is 2.18. The zero-order chi connectivity index (χ0) is 14.3. The van der Waals surface area contributed by atoms with Gasteiger partial charge in [0, 0.05) is 25.2 Å². The van der Waals surface area contributed by atoms with E-state index >= 15 is 0 Å². The van der Waals surface area contributed by atoms with E-state index < -0.39 is 25.1 Å². The Labute approximate surface area is 115 Å². The molecule has 2 fully saturated rings. The summed E-state index contributed by atoms with van der Waals surface area (Å²) in [7, 11) is -6.43. The quantitative estimate of drug-likeness (QED) is 0.749. The number of hydrogen-bond donors (Lipinski definition) is 1. The molecule has 112 valence electrons. The molecular weight excluding hydrogens is 288 g/mol. The number of sulfone groups is 1. The fraction of sp³-hybridized carbons (Fsp3) is 1.00. The molecule has 0 aromatic carbocycles. The summed E-state index contributed by atoms with van der Waals surface area (Å²) < 4.78 is 49.7. The van der Waals surface area contributed by atoms with Crippen molar-refractivity contribution in [1.82, 2.24) is 9.62 Å². The van der Waals surface area contributed by atoms with E-state index in [-0.39, 0.29) is 36.4 Å². The third-order valence-corrected chi connectivity index (χ3v) is 8.30. The Kier molecular flexibility index (Phi) is 4.25. The molecule has 0 aromatic heterocycles. The zero-order valence-electron chi connectivity index (χ0n) is 11.4. The number of hydrogen-bond acceptors (Lipinski definition) is 5. The molecule has 8 heteroatoms. The van der Waals surface area contributed by atoms with Gasteiger partial charge in [0.05, 0.1) is 16.8 Å². The first-order valence-electron chi connectivity index (χ1n) is 6.67. The van der Waals surface area contributed by atoms with Crippen LogP contribution in [0.5, 0.6) is 0 Å². The second-order valence-electron chi connectivity index (χ2n) is 5.58. The average molecular weight is 310 g/mol. The van der Waals surface area contributed by atoms with E-state index in [1.807, 2.05) is 13.8 Å². The molecule has 2 rings (SSSR count). The molecule has 2 aliphatic heterocycles. The van der Waals surface area contributed by atoms with Gasteiger partial charge in [0.25, 0.3) is 0 Å². The number of sulfonamides is 1. The fourth-order valence-corrected chi connectivity index (χ4v) is 7.07. The number of nitrogens with zero attached hydrogens (tertiary/aromatic N) is 1. The average Bonchev–Trinajstić information content (AvgIpc) is 2.27. The summed E-state index contributed by atoms with van der Waals surface area (Å²) in [6.07, 6.45) is 0.460. The molecule has 0 bridgehead atoms. The number of rotatable bonds is 2. The first-order valence-corrected chi connectivity index (χ1v) is 10.00. The summed E-state index contributed by atoms with van der Waals surface area (Å²) >= 11 is 0. The zero-order valence-corrected chi connectivity index (χ0v) is 13.0. The van der Waals surface area contributed by atoms with Gasteiger partial charge in [0.15, 0.2) is 0 Å². The van der Waals surface area contributed by atoms with Crippen molar-refractivity contribution in [3.8, 4) is 0 Å². The Hall–Kier alpha value is -0.180. The summed E-state index contributed by atoms with van der Waals surface area (Å²) in [5.41, 5.74) is 0. The van der Waals surface area contributed by atoms with E-state index in [1.54, 1.807) is 4.31 Å². The second-order valence-corrected chi connectivity index (χ2v) is 10.0. The first-order chi connectivity index (χ1) is 8.74. The maximum atomic E-state index is 12.7. The highest BCUT2D eigenvalue weighted by Gasteiger charge is 2.41. The molecule has 1 N–H and O–H groups in total. The molecule has 2 heterocycles. The summed E-state index contributed by atoms with van der Waals surface area (Å²) in [5.74, 6) is -0.0164. The van der Waals surface area contributed by atoms with E-state index in [2.05, 4.69) is 5.32 Å². The molecule has 0 aromatic rings. The highest BCUT2D eigenvalue weighted by atomic mass is 32.2. The van der Waals surface area contributed by atoms with Crippen LogP contribution < -0.4 is 5.32 Å². The molecule has 2 saturated heterocycles. The van der Waals surface area contributed by atoms with Gasteiger partial charge in [-0.1, -0.05) is 0 Å². The molecule has 0 radical (unpaired) electrons. The third kappa shape index (κ3) is 3.12. The molecule has 2 unspecified atom stereocenters. The van der Waals surface area contributed by atoms with Crippen molar-refractivity contribution in [3.05, 3.63) is 0 Å². The maximum absolute atomic E-state index is 12.7. The van der Waals surface area contributed by atoms with Crippen molar-refractivity contribution in [2.75, 3.05) is 24.6 Å². The Bertz CT molecular complexity index is 505. The molecule has 2 aliphatic rings.